The second-order valence-corrected chi connectivity index (χ2v) is 3.86. The molecule has 0 bridgehead atoms. The van der Waals surface area contributed by atoms with E-state index in [1.807, 2.05) is 26.0 Å². The third-order valence-electron chi connectivity index (χ3n) is 2.42. The maximum Gasteiger partial charge on any atom is 0.541 e. The fourth-order valence-corrected chi connectivity index (χ4v) is 1.42. The van der Waals surface area contributed by atoms with Gasteiger partial charge in [-0.05, 0) is 24.8 Å². The highest BCUT2D eigenvalue weighted by Crippen LogP contribution is 2.18. The number of carbonyl (C=O) groups is 1. The van der Waals surface area contributed by atoms with Crippen molar-refractivity contribution in [1.82, 2.24) is 0 Å². The van der Waals surface area contributed by atoms with Crippen LogP contribution in [0.3, 0.4) is 0 Å². The number of allylic oxidation sites excluding steroid dienone is 2. The van der Waals surface area contributed by atoms with Gasteiger partial charge in [-0.3, -0.25) is 4.89 Å². The van der Waals surface area contributed by atoms with Crippen LogP contribution < -0.4 is 0 Å². The lowest BCUT2D eigenvalue weighted by Gasteiger charge is -2.18. The molecule has 1 rings (SSSR count). The van der Waals surface area contributed by atoms with E-state index in [1.165, 1.54) is 0 Å². The van der Waals surface area contributed by atoms with Gasteiger partial charge in [0.05, 0.1) is 6.61 Å². The first-order valence-corrected chi connectivity index (χ1v) is 6.24. The molecule has 1 unspecified atom stereocenters. The fourth-order valence-electron chi connectivity index (χ4n) is 1.42. The first-order valence-electron chi connectivity index (χ1n) is 6.24. The van der Waals surface area contributed by atoms with Crippen molar-refractivity contribution in [3.63, 3.8) is 0 Å². The van der Waals surface area contributed by atoms with Crippen molar-refractivity contribution in [1.29, 1.82) is 0 Å². The highest BCUT2D eigenvalue weighted by atomic mass is 17.2. The molecule has 0 spiro atoms. The molecule has 99 valence electrons. The van der Waals surface area contributed by atoms with Gasteiger partial charge in [0.1, 0.15) is 6.10 Å². The molecular formula is C14H19O4. The molecule has 4 nitrogen and oxygen atoms in total. The van der Waals surface area contributed by atoms with Crippen molar-refractivity contribution in [3.05, 3.63) is 36.6 Å². The summed E-state index contributed by atoms with van der Waals surface area (Å²) in [6, 6.07) is 0. The first kappa shape index (κ1) is 14.8. The number of carbonyl (C=O) groups excluding carboxylic acids is 1. The lowest BCUT2D eigenvalue weighted by molar-refractivity contribution is -0.257. The van der Waals surface area contributed by atoms with Crippen LogP contribution >= 0.6 is 0 Å². The molecule has 0 aromatic heterocycles. The second kappa shape index (κ2) is 8.75. The molecule has 0 aromatic rings. The van der Waals surface area contributed by atoms with Crippen molar-refractivity contribution < 1.29 is 19.3 Å². The molecule has 0 aromatic carbocycles. The van der Waals surface area contributed by atoms with Gasteiger partial charge in [0.25, 0.3) is 0 Å². The molecule has 0 heterocycles. The molecule has 1 atom stereocenters. The molecule has 18 heavy (non-hydrogen) atoms. The summed E-state index contributed by atoms with van der Waals surface area (Å²) in [6.45, 7) is 4.35. The maximum absolute atomic E-state index is 11.4. The molecule has 0 fully saturated rings. The Morgan fingerprint density at radius 1 is 1.44 bits per heavy atom. The minimum absolute atomic E-state index is 0.329. The monoisotopic (exact) mass is 251 g/mol. The summed E-state index contributed by atoms with van der Waals surface area (Å²) < 4.78 is 5.16. The van der Waals surface area contributed by atoms with Crippen LogP contribution in [-0.4, -0.2) is 18.9 Å². The number of unbranched alkanes of at least 4 members (excludes halogenated alkanes) is 1. The minimum atomic E-state index is -0.804. The van der Waals surface area contributed by atoms with Gasteiger partial charge in [-0.25, -0.2) is 4.79 Å². The third-order valence-corrected chi connectivity index (χ3v) is 2.42. The predicted molar refractivity (Wildman–Crippen MR) is 67.3 cm³/mol. The Kier molecular flexibility index (Phi) is 7.18. The van der Waals surface area contributed by atoms with Crippen LogP contribution in [0.25, 0.3) is 0 Å². The lowest BCUT2D eigenvalue weighted by atomic mass is 10.0. The summed E-state index contributed by atoms with van der Waals surface area (Å²) in [4.78, 5) is 20.6. The predicted octanol–water partition coefficient (Wildman–Crippen LogP) is 3.43. The Morgan fingerprint density at radius 3 is 2.89 bits per heavy atom. The molecule has 0 saturated carbocycles. The van der Waals surface area contributed by atoms with Gasteiger partial charge in [-0.15, -0.1) is 0 Å². The van der Waals surface area contributed by atoms with Crippen LogP contribution in [-0.2, 0) is 14.5 Å². The first-order chi connectivity index (χ1) is 8.77. The summed E-state index contributed by atoms with van der Waals surface area (Å²) in [5, 5.41) is 0. The quantitative estimate of drug-likeness (QED) is 0.301. The van der Waals surface area contributed by atoms with Crippen molar-refractivity contribution in [2.45, 2.75) is 39.2 Å². The van der Waals surface area contributed by atoms with E-state index in [0.29, 0.717) is 13.0 Å². The topological polar surface area (TPSA) is 44.8 Å². The van der Waals surface area contributed by atoms with E-state index in [9.17, 15) is 4.79 Å². The van der Waals surface area contributed by atoms with Gasteiger partial charge >= 0.3 is 6.16 Å². The summed E-state index contributed by atoms with van der Waals surface area (Å²) in [7, 11) is 0. The highest BCUT2D eigenvalue weighted by molar-refractivity contribution is 5.60. The number of hydrogen-bond donors (Lipinski definition) is 0. The van der Waals surface area contributed by atoms with E-state index in [1.54, 1.807) is 12.5 Å². The van der Waals surface area contributed by atoms with Crippen LogP contribution in [0.2, 0.25) is 0 Å². The van der Waals surface area contributed by atoms with Crippen molar-refractivity contribution >= 4 is 6.16 Å². The molecule has 0 aliphatic heterocycles. The Hall–Kier alpha value is -1.29. The third kappa shape index (κ3) is 5.36. The lowest BCUT2D eigenvalue weighted by Crippen LogP contribution is -2.20. The summed E-state index contributed by atoms with van der Waals surface area (Å²) in [5.74, 6) is 0. The zero-order valence-electron chi connectivity index (χ0n) is 10.8. The summed E-state index contributed by atoms with van der Waals surface area (Å²) in [5.41, 5.74) is 0.894. The van der Waals surface area contributed by atoms with Gasteiger partial charge in [-0.1, -0.05) is 38.5 Å². The van der Waals surface area contributed by atoms with Crippen LogP contribution in [0.4, 0.5) is 4.79 Å². The van der Waals surface area contributed by atoms with Crippen LogP contribution in [0, 0.1) is 12.8 Å². The van der Waals surface area contributed by atoms with Crippen molar-refractivity contribution in [2.24, 2.45) is 0 Å². The zero-order chi connectivity index (χ0) is 13.2. The van der Waals surface area contributed by atoms with Crippen molar-refractivity contribution in [3.8, 4) is 0 Å². The van der Waals surface area contributed by atoms with E-state index >= 15 is 0 Å². The highest BCUT2D eigenvalue weighted by Gasteiger charge is 2.18. The van der Waals surface area contributed by atoms with E-state index in [4.69, 9.17) is 9.62 Å². The molecule has 3 radical (unpaired) electrons. The maximum atomic E-state index is 11.4. The minimum Gasteiger partial charge on any atom is -0.424 e. The second-order valence-electron chi connectivity index (χ2n) is 3.86. The van der Waals surface area contributed by atoms with E-state index in [0.717, 1.165) is 18.4 Å². The van der Waals surface area contributed by atoms with E-state index in [2.05, 4.69) is 11.3 Å². The average Bonchev–Trinajstić information content (AvgIpc) is 2.42. The van der Waals surface area contributed by atoms with Gasteiger partial charge in [-0.2, -0.15) is 4.89 Å². The van der Waals surface area contributed by atoms with E-state index < -0.39 is 6.16 Å². The molecule has 0 amide bonds. The molecule has 0 saturated heterocycles. The Morgan fingerprint density at radius 2 is 2.28 bits per heavy atom. The Labute approximate surface area is 109 Å². The average molecular weight is 251 g/mol. The Balaban J connectivity index is 2.31. The number of rotatable bonds is 7. The fraction of sp³-hybridized carbons (Fsp3) is 0.500. The molecule has 1 aliphatic carbocycles. The number of ether oxygens (including phenoxy) is 1. The molecule has 0 N–H and O–H groups in total. The number of hydrogen-bond acceptors (Lipinski definition) is 4. The van der Waals surface area contributed by atoms with Crippen LogP contribution in [0.15, 0.2) is 23.8 Å². The Bertz CT molecular complexity index is 307. The SMILES string of the molecule is CCCCOOC(=O)OC(CC)C1=C[C][CH]C=C1. The zero-order valence-corrected chi connectivity index (χ0v) is 10.8. The normalized spacial score (nSPS) is 16.0. The summed E-state index contributed by atoms with van der Waals surface area (Å²) >= 11 is 0. The molecule has 1 aliphatic rings. The van der Waals surface area contributed by atoms with Crippen LogP contribution in [0.5, 0.6) is 0 Å². The van der Waals surface area contributed by atoms with E-state index in [-0.39, 0.29) is 6.10 Å². The van der Waals surface area contributed by atoms with Gasteiger partial charge in [0.15, 0.2) is 0 Å². The van der Waals surface area contributed by atoms with Crippen molar-refractivity contribution in [2.75, 3.05) is 6.61 Å². The molecular weight excluding hydrogens is 232 g/mol. The van der Waals surface area contributed by atoms with Crippen LogP contribution in [0.1, 0.15) is 33.1 Å². The van der Waals surface area contributed by atoms with Gasteiger partial charge in [0.2, 0.25) is 0 Å². The summed E-state index contributed by atoms with van der Waals surface area (Å²) in [6.07, 6.45) is 11.6. The standard InChI is InChI=1S/C14H19O4/c1-3-5-11-16-18-14(15)17-13(4-2)12-9-7-6-8-10-12/h6-7,9-10,13H,3-5,11H2,1-2H3. The smallest absolute Gasteiger partial charge is 0.424 e. The van der Waals surface area contributed by atoms with Gasteiger partial charge < -0.3 is 4.74 Å². The van der Waals surface area contributed by atoms with Gasteiger partial charge in [0, 0.05) is 6.42 Å². The largest absolute Gasteiger partial charge is 0.541 e. The molecule has 4 heteroatoms.